The van der Waals surface area contributed by atoms with Gasteiger partial charge in [-0.1, -0.05) is 13.3 Å². The Hall–Kier alpha value is -2.51. The minimum Gasteiger partial charge on any atom is -0.476 e. The predicted molar refractivity (Wildman–Crippen MR) is 69.0 cm³/mol. The number of aromatic nitrogens is 1. The summed E-state index contributed by atoms with van der Waals surface area (Å²) in [5.74, 6) is -1.14. The van der Waals surface area contributed by atoms with E-state index in [-0.39, 0.29) is 17.5 Å². The first-order valence-electron chi connectivity index (χ1n) is 6.38. The van der Waals surface area contributed by atoms with Gasteiger partial charge in [-0.05, 0) is 30.2 Å². The normalized spacial score (nSPS) is 11.5. The number of halogens is 3. The highest BCUT2D eigenvalue weighted by molar-refractivity contribution is 5.84. The molecule has 1 aromatic heterocycles. The van der Waals surface area contributed by atoms with E-state index in [2.05, 4.69) is 4.98 Å². The largest absolute Gasteiger partial charge is 0.476 e. The Morgan fingerprint density at radius 1 is 1.41 bits per heavy atom. The van der Waals surface area contributed by atoms with E-state index in [1.54, 1.807) is 0 Å². The summed E-state index contributed by atoms with van der Waals surface area (Å²) in [6, 6.07) is 3.05. The highest BCUT2D eigenvalue weighted by atomic mass is 19.4. The summed E-state index contributed by atoms with van der Waals surface area (Å²) in [6.07, 6.45) is -2.91. The van der Waals surface area contributed by atoms with Crippen LogP contribution in [0.5, 0.6) is 11.8 Å². The van der Waals surface area contributed by atoms with Gasteiger partial charge in [-0.25, -0.2) is 4.79 Å². The van der Waals surface area contributed by atoms with Crippen molar-refractivity contribution in [2.24, 2.45) is 0 Å². The lowest BCUT2D eigenvalue weighted by Crippen LogP contribution is -2.06. The SMILES string of the molecule is CCCc1cc(C(F)(F)F)ccc1Oc1nc(C(=O)O)co1. The monoisotopic (exact) mass is 315 g/mol. The van der Waals surface area contributed by atoms with Gasteiger partial charge in [-0.2, -0.15) is 18.2 Å². The smallest absolute Gasteiger partial charge is 0.416 e. The summed E-state index contributed by atoms with van der Waals surface area (Å²) in [5, 5.41) is 8.73. The number of carbonyl (C=O) groups is 1. The molecule has 0 spiro atoms. The van der Waals surface area contributed by atoms with Gasteiger partial charge in [0.2, 0.25) is 0 Å². The zero-order chi connectivity index (χ0) is 16.3. The number of carboxylic acids is 1. The number of carboxylic acid groups (broad SMARTS) is 1. The van der Waals surface area contributed by atoms with Gasteiger partial charge in [0.25, 0.3) is 0 Å². The third-order valence-electron chi connectivity index (χ3n) is 2.81. The van der Waals surface area contributed by atoms with Gasteiger partial charge in [0.15, 0.2) is 5.69 Å². The molecule has 0 aliphatic heterocycles. The first-order valence-corrected chi connectivity index (χ1v) is 6.38. The molecule has 0 aliphatic rings. The number of benzene rings is 1. The first kappa shape index (κ1) is 15.9. The summed E-state index contributed by atoms with van der Waals surface area (Å²) in [5.41, 5.74) is -0.784. The maximum Gasteiger partial charge on any atom is 0.416 e. The number of hydrogen-bond donors (Lipinski definition) is 1. The fourth-order valence-corrected chi connectivity index (χ4v) is 1.82. The molecule has 0 atom stereocenters. The van der Waals surface area contributed by atoms with Gasteiger partial charge in [-0.3, -0.25) is 0 Å². The van der Waals surface area contributed by atoms with Gasteiger partial charge in [0, 0.05) is 0 Å². The van der Waals surface area contributed by atoms with Gasteiger partial charge >= 0.3 is 18.2 Å². The molecule has 1 heterocycles. The molecule has 5 nitrogen and oxygen atoms in total. The summed E-state index contributed by atoms with van der Waals surface area (Å²) in [7, 11) is 0. The lowest BCUT2D eigenvalue weighted by Gasteiger charge is -2.12. The van der Waals surface area contributed by atoms with E-state index >= 15 is 0 Å². The van der Waals surface area contributed by atoms with Gasteiger partial charge < -0.3 is 14.3 Å². The average Bonchev–Trinajstić information content (AvgIpc) is 2.88. The van der Waals surface area contributed by atoms with Crippen LogP contribution in [0, 0.1) is 0 Å². The fraction of sp³-hybridized carbons (Fsp3) is 0.286. The second kappa shape index (κ2) is 6.08. The van der Waals surface area contributed by atoms with Crippen LogP contribution in [-0.2, 0) is 12.6 Å². The van der Waals surface area contributed by atoms with E-state index in [0.717, 1.165) is 18.4 Å². The van der Waals surface area contributed by atoms with Crippen molar-refractivity contribution in [1.29, 1.82) is 0 Å². The summed E-state index contributed by atoms with van der Waals surface area (Å²) >= 11 is 0. The van der Waals surface area contributed by atoms with E-state index in [0.29, 0.717) is 18.4 Å². The number of rotatable bonds is 5. The molecule has 0 saturated carbocycles. The van der Waals surface area contributed by atoms with Crippen LogP contribution >= 0.6 is 0 Å². The quantitative estimate of drug-likeness (QED) is 0.898. The van der Waals surface area contributed by atoms with Crippen molar-refractivity contribution < 1.29 is 32.2 Å². The number of oxazole rings is 1. The molecule has 8 heteroatoms. The highest BCUT2D eigenvalue weighted by Gasteiger charge is 2.31. The average molecular weight is 315 g/mol. The summed E-state index contributed by atoms with van der Waals surface area (Å²) in [4.78, 5) is 14.3. The molecule has 0 fully saturated rings. The van der Waals surface area contributed by atoms with Crippen LogP contribution in [0.15, 0.2) is 28.9 Å². The minimum atomic E-state index is -4.44. The third kappa shape index (κ3) is 3.57. The Morgan fingerprint density at radius 2 is 2.14 bits per heavy atom. The zero-order valence-corrected chi connectivity index (χ0v) is 11.5. The first-order chi connectivity index (χ1) is 10.3. The van der Waals surface area contributed by atoms with Crippen LogP contribution in [-0.4, -0.2) is 16.1 Å². The molecule has 0 radical (unpaired) electrons. The van der Waals surface area contributed by atoms with Crippen molar-refractivity contribution in [3.05, 3.63) is 41.3 Å². The van der Waals surface area contributed by atoms with Crippen molar-refractivity contribution in [2.75, 3.05) is 0 Å². The van der Waals surface area contributed by atoms with Crippen LogP contribution in [0.2, 0.25) is 0 Å². The zero-order valence-electron chi connectivity index (χ0n) is 11.5. The van der Waals surface area contributed by atoms with E-state index in [1.807, 2.05) is 6.92 Å². The highest BCUT2D eigenvalue weighted by Crippen LogP contribution is 2.34. The molecule has 22 heavy (non-hydrogen) atoms. The van der Waals surface area contributed by atoms with E-state index < -0.39 is 17.7 Å². The van der Waals surface area contributed by atoms with Crippen LogP contribution in [0.1, 0.15) is 35.0 Å². The molecule has 0 saturated heterocycles. The Balaban J connectivity index is 2.30. The topological polar surface area (TPSA) is 72.6 Å². The third-order valence-corrected chi connectivity index (χ3v) is 2.81. The van der Waals surface area contributed by atoms with Crippen LogP contribution < -0.4 is 4.74 Å². The number of nitrogens with zero attached hydrogens (tertiary/aromatic N) is 1. The lowest BCUT2D eigenvalue weighted by atomic mass is 10.1. The van der Waals surface area contributed by atoms with E-state index in [4.69, 9.17) is 14.3 Å². The molecule has 0 bridgehead atoms. The van der Waals surface area contributed by atoms with Gasteiger partial charge in [-0.15, -0.1) is 0 Å². The molecule has 0 amide bonds. The second-order valence-electron chi connectivity index (χ2n) is 4.48. The molecular formula is C14H12F3NO4. The lowest BCUT2D eigenvalue weighted by molar-refractivity contribution is -0.137. The van der Waals surface area contributed by atoms with E-state index in [9.17, 15) is 18.0 Å². The molecule has 1 N–H and O–H groups in total. The molecule has 1 aromatic carbocycles. The predicted octanol–water partition coefficient (Wildman–Crippen LogP) is 4.14. The molecule has 2 rings (SSSR count). The standard InChI is InChI=1S/C14H12F3NO4/c1-2-3-8-6-9(14(15,16)17)4-5-11(8)22-13-18-10(7-21-13)12(19)20/h4-7H,2-3H2,1H3,(H,19,20). The number of alkyl halides is 3. The van der Waals surface area contributed by atoms with Crippen LogP contribution in [0.25, 0.3) is 0 Å². The number of aromatic carboxylic acids is 1. The fourth-order valence-electron chi connectivity index (χ4n) is 1.82. The molecular weight excluding hydrogens is 303 g/mol. The van der Waals surface area contributed by atoms with Crippen molar-refractivity contribution in [1.82, 2.24) is 4.98 Å². The Bertz CT molecular complexity index is 679. The van der Waals surface area contributed by atoms with Gasteiger partial charge in [0.1, 0.15) is 12.0 Å². The Kier molecular flexibility index (Phi) is 4.39. The maximum absolute atomic E-state index is 12.7. The van der Waals surface area contributed by atoms with Crippen LogP contribution in [0.3, 0.4) is 0 Å². The summed E-state index contributed by atoms with van der Waals surface area (Å²) in [6.45, 7) is 1.82. The van der Waals surface area contributed by atoms with Crippen molar-refractivity contribution in [3.8, 4) is 11.8 Å². The molecule has 0 unspecified atom stereocenters. The second-order valence-corrected chi connectivity index (χ2v) is 4.48. The van der Waals surface area contributed by atoms with Crippen molar-refractivity contribution >= 4 is 5.97 Å². The van der Waals surface area contributed by atoms with Crippen molar-refractivity contribution in [2.45, 2.75) is 25.9 Å². The van der Waals surface area contributed by atoms with E-state index in [1.165, 1.54) is 6.07 Å². The number of ether oxygens (including phenoxy) is 1. The van der Waals surface area contributed by atoms with Crippen LogP contribution in [0.4, 0.5) is 13.2 Å². The molecule has 0 aliphatic carbocycles. The number of aryl methyl sites for hydroxylation is 1. The van der Waals surface area contributed by atoms with Gasteiger partial charge in [0.05, 0.1) is 5.56 Å². The molecule has 118 valence electrons. The Morgan fingerprint density at radius 3 is 2.68 bits per heavy atom. The number of hydrogen-bond acceptors (Lipinski definition) is 4. The van der Waals surface area contributed by atoms with Crippen molar-refractivity contribution in [3.63, 3.8) is 0 Å². The maximum atomic E-state index is 12.7. The Labute approximate surface area is 123 Å². The minimum absolute atomic E-state index is 0.147. The summed E-state index contributed by atoms with van der Waals surface area (Å²) < 4.78 is 48.2. The molecule has 2 aromatic rings.